The van der Waals surface area contributed by atoms with Gasteiger partial charge in [0.1, 0.15) is 11.6 Å². The highest BCUT2D eigenvalue weighted by Gasteiger charge is 2.09. The van der Waals surface area contributed by atoms with E-state index in [-0.39, 0.29) is 0 Å². The maximum Gasteiger partial charge on any atom is 0.170 e. The van der Waals surface area contributed by atoms with Gasteiger partial charge < -0.3 is 16.0 Å². The molecule has 15 heavy (non-hydrogen) atoms. The molecule has 0 aliphatic carbocycles. The molecule has 2 heterocycles. The Morgan fingerprint density at radius 2 is 2.13 bits per heavy atom. The van der Waals surface area contributed by atoms with Crippen molar-refractivity contribution in [1.82, 2.24) is 10.1 Å². The average molecular weight is 204 g/mol. The van der Waals surface area contributed by atoms with Crippen LogP contribution in [0.2, 0.25) is 0 Å². The van der Waals surface area contributed by atoms with Crippen LogP contribution in [0.5, 0.6) is 0 Å². The lowest BCUT2D eigenvalue weighted by molar-refractivity contribution is 0.424. The smallest absolute Gasteiger partial charge is 0.170 e. The number of aromatic nitrogens is 2. The Kier molecular flexibility index (Phi) is 2.29. The molecule has 0 spiro atoms. The maximum atomic E-state index is 5.73. The maximum absolute atomic E-state index is 5.73. The van der Waals surface area contributed by atoms with Crippen molar-refractivity contribution in [2.24, 2.45) is 0 Å². The van der Waals surface area contributed by atoms with Crippen molar-refractivity contribution in [2.75, 3.05) is 11.5 Å². The Morgan fingerprint density at radius 3 is 2.73 bits per heavy atom. The normalized spacial score (nSPS) is 10.5. The van der Waals surface area contributed by atoms with Gasteiger partial charge in [-0.25, -0.2) is 4.98 Å². The summed E-state index contributed by atoms with van der Waals surface area (Å²) in [5, 5.41) is 3.89. The Bertz CT molecular complexity index is 478. The fraction of sp³-hybridized carbons (Fsp3) is 0.200. The number of hydrogen-bond donors (Lipinski definition) is 2. The van der Waals surface area contributed by atoms with Crippen LogP contribution in [-0.4, -0.2) is 10.1 Å². The van der Waals surface area contributed by atoms with Gasteiger partial charge in [-0.1, -0.05) is 12.1 Å². The second-order valence-corrected chi connectivity index (χ2v) is 3.20. The van der Waals surface area contributed by atoms with Gasteiger partial charge in [0.05, 0.1) is 11.3 Å². The third kappa shape index (κ3) is 1.76. The molecule has 0 aliphatic rings. The summed E-state index contributed by atoms with van der Waals surface area (Å²) in [5.74, 6) is 1.37. The molecule has 0 amide bonds. The SMILES string of the molecule is CCc1cc(-c2ccc(N)nc2N)on1. The van der Waals surface area contributed by atoms with Gasteiger partial charge in [-0.15, -0.1) is 0 Å². The summed E-state index contributed by atoms with van der Waals surface area (Å²) in [6, 6.07) is 5.31. The molecular formula is C10H12N4O. The van der Waals surface area contributed by atoms with Gasteiger partial charge in [-0.05, 0) is 18.6 Å². The summed E-state index contributed by atoms with van der Waals surface area (Å²) < 4.78 is 5.15. The van der Waals surface area contributed by atoms with Crippen LogP contribution >= 0.6 is 0 Å². The number of nitrogens with zero attached hydrogens (tertiary/aromatic N) is 2. The lowest BCUT2D eigenvalue weighted by Crippen LogP contribution is -1.97. The first kappa shape index (κ1) is 9.51. The summed E-state index contributed by atoms with van der Waals surface area (Å²) in [7, 11) is 0. The van der Waals surface area contributed by atoms with Crippen LogP contribution in [-0.2, 0) is 6.42 Å². The molecule has 4 N–H and O–H groups in total. The van der Waals surface area contributed by atoms with Gasteiger partial charge in [0.15, 0.2) is 5.76 Å². The van der Waals surface area contributed by atoms with Crippen molar-refractivity contribution in [1.29, 1.82) is 0 Å². The van der Waals surface area contributed by atoms with Gasteiger partial charge in [-0.3, -0.25) is 0 Å². The van der Waals surface area contributed by atoms with Gasteiger partial charge >= 0.3 is 0 Å². The third-order valence-corrected chi connectivity index (χ3v) is 2.13. The zero-order chi connectivity index (χ0) is 10.8. The number of anilines is 2. The van der Waals surface area contributed by atoms with Crippen LogP contribution in [0.25, 0.3) is 11.3 Å². The molecule has 0 saturated carbocycles. The molecule has 78 valence electrons. The number of rotatable bonds is 2. The zero-order valence-electron chi connectivity index (χ0n) is 8.40. The lowest BCUT2D eigenvalue weighted by atomic mass is 10.2. The Hall–Kier alpha value is -2.04. The molecule has 5 nitrogen and oxygen atoms in total. The Balaban J connectivity index is 2.44. The number of nitrogens with two attached hydrogens (primary N) is 2. The van der Waals surface area contributed by atoms with E-state index in [9.17, 15) is 0 Å². The molecule has 2 aromatic heterocycles. The fourth-order valence-corrected chi connectivity index (χ4v) is 1.30. The minimum Gasteiger partial charge on any atom is -0.384 e. The molecule has 0 aliphatic heterocycles. The van der Waals surface area contributed by atoms with Crippen molar-refractivity contribution in [3.63, 3.8) is 0 Å². The van der Waals surface area contributed by atoms with Crippen LogP contribution in [0.3, 0.4) is 0 Å². The second-order valence-electron chi connectivity index (χ2n) is 3.20. The van der Waals surface area contributed by atoms with E-state index >= 15 is 0 Å². The second kappa shape index (κ2) is 3.61. The topological polar surface area (TPSA) is 91.0 Å². The van der Waals surface area contributed by atoms with E-state index in [1.54, 1.807) is 12.1 Å². The predicted octanol–water partition coefficient (Wildman–Crippen LogP) is 1.46. The van der Waals surface area contributed by atoms with E-state index in [4.69, 9.17) is 16.0 Å². The van der Waals surface area contributed by atoms with Crippen molar-refractivity contribution in [3.05, 3.63) is 23.9 Å². The summed E-state index contributed by atoms with van der Waals surface area (Å²) in [6.07, 6.45) is 0.825. The van der Waals surface area contributed by atoms with Crippen molar-refractivity contribution >= 4 is 11.6 Å². The molecule has 0 bridgehead atoms. The van der Waals surface area contributed by atoms with Crippen molar-refractivity contribution < 1.29 is 4.52 Å². The Labute approximate surface area is 87.1 Å². The van der Waals surface area contributed by atoms with E-state index in [1.807, 2.05) is 13.0 Å². The molecule has 2 aromatic rings. The molecule has 2 rings (SSSR count). The minimum atomic E-state index is 0.355. The van der Waals surface area contributed by atoms with Crippen LogP contribution < -0.4 is 11.5 Å². The zero-order valence-corrected chi connectivity index (χ0v) is 8.40. The summed E-state index contributed by atoms with van der Waals surface area (Å²) in [4.78, 5) is 3.95. The van der Waals surface area contributed by atoms with Crippen LogP contribution in [0.15, 0.2) is 22.7 Å². The molecular weight excluding hydrogens is 192 g/mol. The van der Waals surface area contributed by atoms with E-state index < -0.39 is 0 Å². The average Bonchev–Trinajstić information content (AvgIpc) is 2.66. The van der Waals surface area contributed by atoms with Gasteiger partial charge in [-0.2, -0.15) is 0 Å². The summed E-state index contributed by atoms with van der Waals surface area (Å²) >= 11 is 0. The third-order valence-electron chi connectivity index (χ3n) is 2.13. The summed E-state index contributed by atoms with van der Waals surface area (Å²) in [5.41, 5.74) is 12.8. The van der Waals surface area contributed by atoms with E-state index in [0.29, 0.717) is 17.4 Å². The van der Waals surface area contributed by atoms with Gasteiger partial charge in [0, 0.05) is 6.07 Å². The monoisotopic (exact) mass is 204 g/mol. The minimum absolute atomic E-state index is 0.355. The molecule has 0 aromatic carbocycles. The van der Waals surface area contributed by atoms with Crippen LogP contribution in [0.4, 0.5) is 11.6 Å². The van der Waals surface area contributed by atoms with Crippen molar-refractivity contribution in [3.8, 4) is 11.3 Å². The first-order valence-electron chi connectivity index (χ1n) is 4.68. The fourth-order valence-electron chi connectivity index (χ4n) is 1.30. The first-order chi connectivity index (χ1) is 7.20. The first-order valence-corrected chi connectivity index (χ1v) is 4.68. The largest absolute Gasteiger partial charge is 0.384 e. The number of pyridine rings is 1. The molecule has 5 heteroatoms. The van der Waals surface area contributed by atoms with Crippen molar-refractivity contribution in [2.45, 2.75) is 13.3 Å². The molecule has 0 atom stereocenters. The van der Waals surface area contributed by atoms with Gasteiger partial charge in [0.2, 0.25) is 0 Å². The molecule has 0 unspecified atom stereocenters. The number of nitrogen functional groups attached to an aromatic ring is 2. The van der Waals surface area contributed by atoms with Crippen LogP contribution in [0, 0.1) is 0 Å². The van der Waals surface area contributed by atoms with E-state index in [1.165, 1.54) is 0 Å². The quantitative estimate of drug-likeness (QED) is 0.772. The molecule has 0 fully saturated rings. The van der Waals surface area contributed by atoms with E-state index in [2.05, 4.69) is 10.1 Å². The number of aryl methyl sites for hydroxylation is 1. The van der Waals surface area contributed by atoms with E-state index in [0.717, 1.165) is 17.7 Å². The molecule has 0 radical (unpaired) electrons. The predicted molar refractivity (Wildman–Crippen MR) is 57.9 cm³/mol. The highest BCUT2D eigenvalue weighted by atomic mass is 16.5. The van der Waals surface area contributed by atoms with Crippen LogP contribution in [0.1, 0.15) is 12.6 Å². The highest BCUT2D eigenvalue weighted by molar-refractivity contribution is 5.71. The summed E-state index contributed by atoms with van der Waals surface area (Å²) in [6.45, 7) is 2.01. The van der Waals surface area contributed by atoms with Gasteiger partial charge in [0.25, 0.3) is 0 Å². The standard InChI is InChI=1S/C10H12N4O/c1-2-6-5-8(15-14-6)7-3-4-9(11)13-10(7)12/h3-5H,2H2,1H3,(H4,11,12,13). The Morgan fingerprint density at radius 1 is 1.33 bits per heavy atom. The lowest BCUT2D eigenvalue weighted by Gasteiger charge is -2.00. The number of hydrogen-bond acceptors (Lipinski definition) is 5. The molecule has 0 saturated heterocycles. The highest BCUT2D eigenvalue weighted by Crippen LogP contribution is 2.25.